The zero-order valence-corrected chi connectivity index (χ0v) is 12.0. The lowest BCUT2D eigenvalue weighted by molar-refractivity contribution is -0.385. The lowest BCUT2D eigenvalue weighted by atomic mass is 10.2. The van der Waals surface area contributed by atoms with E-state index in [-0.39, 0.29) is 10.8 Å². The number of hydrogen-bond acceptors (Lipinski definition) is 6. The van der Waals surface area contributed by atoms with Crippen molar-refractivity contribution >= 4 is 17.0 Å². The molecule has 0 spiro atoms. The second-order valence-electron chi connectivity index (χ2n) is 4.34. The summed E-state index contributed by atoms with van der Waals surface area (Å²) >= 11 is 1.04. The molecule has 0 fully saturated rings. The van der Waals surface area contributed by atoms with Crippen LogP contribution in [0.1, 0.15) is 23.5 Å². The topological polar surface area (TPSA) is 96.4 Å². The van der Waals surface area contributed by atoms with Crippen LogP contribution in [-0.2, 0) is 6.42 Å². The van der Waals surface area contributed by atoms with Crippen LogP contribution in [0.4, 0.5) is 5.69 Å². The lowest BCUT2D eigenvalue weighted by Crippen LogP contribution is -1.90. The molecule has 0 saturated carbocycles. The lowest BCUT2D eigenvalue weighted by Gasteiger charge is -2.03. The summed E-state index contributed by atoms with van der Waals surface area (Å²) in [5.41, 5.74) is 0.673. The van der Waals surface area contributed by atoms with Gasteiger partial charge in [0.2, 0.25) is 0 Å². The number of nitrogens with zero attached hydrogens (tertiary/aromatic N) is 2. The fraction of sp³-hybridized carbons (Fsp3) is 0.214. The smallest absolute Gasteiger partial charge is 0.323 e. The van der Waals surface area contributed by atoms with E-state index in [4.69, 9.17) is 10.00 Å². The number of ether oxygens (including phenoxy) is 1. The van der Waals surface area contributed by atoms with Gasteiger partial charge in [-0.25, -0.2) is 0 Å². The van der Waals surface area contributed by atoms with E-state index in [2.05, 4.69) is 0 Å². The third-order valence-electron chi connectivity index (χ3n) is 2.72. The Morgan fingerprint density at radius 2 is 2.14 bits per heavy atom. The first-order chi connectivity index (χ1) is 10.0. The van der Waals surface area contributed by atoms with E-state index in [9.17, 15) is 15.2 Å². The largest absolute Gasteiger partial charge is 0.440 e. The molecule has 1 aromatic carbocycles. The minimum absolute atomic E-state index is 0.129. The van der Waals surface area contributed by atoms with Crippen LogP contribution in [0, 0.1) is 21.4 Å². The maximum absolute atomic E-state index is 11.0. The molecule has 0 radical (unpaired) electrons. The summed E-state index contributed by atoms with van der Waals surface area (Å²) in [5.74, 6) is 0.443. The Kier molecular flexibility index (Phi) is 4.52. The van der Waals surface area contributed by atoms with Crippen molar-refractivity contribution in [3.63, 3.8) is 0 Å². The van der Waals surface area contributed by atoms with Gasteiger partial charge in [-0.1, -0.05) is 23.5 Å². The molecule has 0 bridgehead atoms. The predicted octanol–water partition coefficient (Wildman–Crippen LogP) is 3.57. The minimum Gasteiger partial charge on any atom is -0.440 e. The molecule has 1 aromatic heterocycles. The molecule has 0 aliphatic rings. The number of aliphatic hydroxyl groups excluding tert-OH is 1. The third-order valence-corrected chi connectivity index (χ3v) is 3.90. The SMILES string of the molecule is CC(O)c1cc([N+](=O)[O-])c(Oc2ccc(CC#N)cc2)s1. The second kappa shape index (κ2) is 6.35. The summed E-state index contributed by atoms with van der Waals surface area (Å²) in [6, 6.07) is 10.1. The fourth-order valence-corrected chi connectivity index (χ4v) is 2.59. The fourth-order valence-electron chi connectivity index (χ4n) is 1.66. The van der Waals surface area contributed by atoms with Crippen molar-refractivity contribution in [3.05, 3.63) is 50.9 Å². The van der Waals surface area contributed by atoms with Gasteiger partial charge in [-0.05, 0) is 24.6 Å². The number of rotatable bonds is 5. The molecule has 2 rings (SSSR count). The summed E-state index contributed by atoms with van der Waals surface area (Å²) in [6.07, 6.45) is -0.491. The van der Waals surface area contributed by atoms with Gasteiger partial charge in [0, 0.05) is 10.9 Å². The summed E-state index contributed by atoms with van der Waals surface area (Å²) in [4.78, 5) is 10.9. The van der Waals surface area contributed by atoms with E-state index in [0.29, 0.717) is 17.0 Å². The van der Waals surface area contributed by atoms with Crippen LogP contribution in [0.15, 0.2) is 30.3 Å². The molecule has 1 N–H and O–H groups in total. The number of aliphatic hydroxyl groups is 1. The molecule has 0 aliphatic carbocycles. The Bertz CT molecular complexity index is 686. The molecular formula is C14H12N2O4S. The van der Waals surface area contributed by atoms with Crippen LogP contribution < -0.4 is 4.74 Å². The molecular weight excluding hydrogens is 292 g/mol. The number of hydrogen-bond donors (Lipinski definition) is 1. The molecule has 108 valence electrons. The number of nitriles is 1. The zero-order valence-electron chi connectivity index (χ0n) is 11.1. The molecule has 0 aliphatic heterocycles. The maximum atomic E-state index is 11.0. The predicted molar refractivity (Wildman–Crippen MR) is 77.4 cm³/mol. The highest BCUT2D eigenvalue weighted by Crippen LogP contribution is 2.41. The van der Waals surface area contributed by atoms with Crippen molar-refractivity contribution < 1.29 is 14.8 Å². The van der Waals surface area contributed by atoms with Crippen LogP contribution in [0.3, 0.4) is 0 Å². The summed E-state index contributed by atoms with van der Waals surface area (Å²) < 4.78 is 5.52. The average Bonchev–Trinajstić information content (AvgIpc) is 2.86. The van der Waals surface area contributed by atoms with Gasteiger partial charge in [0.15, 0.2) is 0 Å². The van der Waals surface area contributed by atoms with Crippen molar-refractivity contribution in [2.45, 2.75) is 19.4 Å². The van der Waals surface area contributed by atoms with Crippen molar-refractivity contribution in [2.75, 3.05) is 0 Å². The molecule has 2 aromatic rings. The minimum atomic E-state index is -0.788. The van der Waals surface area contributed by atoms with E-state index in [1.54, 1.807) is 24.3 Å². The van der Waals surface area contributed by atoms with Gasteiger partial charge in [-0.15, -0.1) is 0 Å². The van der Waals surface area contributed by atoms with Crippen molar-refractivity contribution in [1.82, 2.24) is 0 Å². The summed E-state index contributed by atoms with van der Waals surface area (Å²) in [5, 5.41) is 29.2. The molecule has 0 saturated heterocycles. The molecule has 1 unspecified atom stereocenters. The van der Waals surface area contributed by atoms with Crippen molar-refractivity contribution in [1.29, 1.82) is 5.26 Å². The van der Waals surface area contributed by atoms with Crippen LogP contribution in [-0.4, -0.2) is 10.0 Å². The quantitative estimate of drug-likeness (QED) is 0.672. The van der Waals surface area contributed by atoms with Crippen LogP contribution >= 0.6 is 11.3 Å². The highest BCUT2D eigenvalue weighted by atomic mass is 32.1. The van der Waals surface area contributed by atoms with Crippen LogP contribution in [0.2, 0.25) is 0 Å². The van der Waals surface area contributed by atoms with Crippen molar-refractivity contribution in [3.8, 4) is 16.9 Å². The first kappa shape index (κ1) is 15.0. The molecule has 7 heteroatoms. The van der Waals surface area contributed by atoms with Gasteiger partial charge in [-0.2, -0.15) is 5.26 Å². The normalized spacial score (nSPS) is 11.7. The Balaban J connectivity index is 2.26. The van der Waals surface area contributed by atoms with Gasteiger partial charge in [-0.3, -0.25) is 10.1 Å². The average molecular weight is 304 g/mol. The van der Waals surface area contributed by atoms with Crippen LogP contribution in [0.25, 0.3) is 0 Å². The number of benzene rings is 1. The Hall–Kier alpha value is -2.43. The monoisotopic (exact) mass is 304 g/mol. The maximum Gasteiger partial charge on any atom is 0.323 e. The zero-order chi connectivity index (χ0) is 15.4. The number of nitro groups is 1. The second-order valence-corrected chi connectivity index (χ2v) is 5.38. The van der Waals surface area contributed by atoms with E-state index < -0.39 is 11.0 Å². The number of thiophene rings is 1. The van der Waals surface area contributed by atoms with Gasteiger partial charge in [0.1, 0.15) is 5.75 Å². The Morgan fingerprint density at radius 3 is 2.67 bits per heavy atom. The highest BCUT2D eigenvalue weighted by molar-refractivity contribution is 7.14. The Labute approximate surface area is 125 Å². The molecule has 21 heavy (non-hydrogen) atoms. The van der Waals surface area contributed by atoms with E-state index >= 15 is 0 Å². The molecule has 6 nitrogen and oxygen atoms in total. The van der Waals surface area contributed by atoms with E-state index in [1.807, 2.05) is 6.07 Å². The first-order valence-electron chi connectivity index (χ1n) is 6.11. The van der Waals surface area contributed by atoms with Crippen molar-refractivity contribution in [2.24, 2.45) is 0 Å². The molecule has 0 amide bonds. The van der Waals surface area contributed by atoms with Gasteiger partial charge >= 0.3 is 5.69 Å². The summed E-state index contributed by atoms with van der Waals surface area (Å²) in [7, 11) is 0. The van der Waals surface area contributed by atoms with E-state index in [1.165, 1.54) is 13.0 Å². The summed E-state index contributed by atoms with van der Waals surface area (Å²) in [6.45, 7) is 1.54. The van der Waals surface area contributed by atoms with E-state index in [0.717, 1.165) is 16.9 Å². The van der Waals surface area contributed by atoms with Gasteiger partial charge in [0.25, 0.3) is 5.06 Å². The first-order valence-corrected chi connectivity index (χ1v) is 6.93. The molecule has 1 heterocycles. The van der Waals surface area contributed by atoms with Gasteiger partial charge in [0.05, 0.1) is 23.5 Å². The Morgan fingerprint density at radius 1 is 1.48 bits per heavy atom. The van der Waals surface area contributed by atoms with Gasteiger partial charge < -0.3 is 9.84 Å². The molecule has 1 atom stereocenters. The standard InChI is InChI=1S/C14H12N2O4S/c1-9(17)13-8-12(16(18)19)14(21-13)20-11-4-2-10(3-5-11)6-7-15/h2-5,8-9,17H,6H2,1H3. The highest BCUT2D eigenvalue weighted by Gasteiger charge is 2.23. The van der Waals surface area contributed by atoms with Crippen LogP contribution in [0.5, 0.6) is 10.8 Å². The third kappa shape index (κ3) is 3.56.